The van der Waals surface area contributed by atoms with Crippen molar-refractivity contribution in [2.75, 3.05) is 6.54 Å². The quantitative estimate of drug-likeness (QED) is 0.726. The standard InChI is InChI=1S/C17H18N4O3/c1-11-5-6-13(8-12(11)2)16(23)19-10-15(22)20-21-17(24)14-4-3-7-18-9-14/h3-9H,10H2,1-2H3,(H,19,23)(H,20,22)(H,21,24). The van der Waals surface area contributed by atoms with Crippen LogP contribution in [0.1, 0.15) is 31.8 Å². The van der Waals surface area contributed by atoms with Gasteiger partial charge in [-0.25, -0.2) is 0 Å². The van der Waals surface area contributed by atoms with E-state index in [0.717, 1.165) is 11.1 Å². The van der Waals surface area contributed by atoms with Crippen molar-refractivity contribution in [1.82, 2.24) is 21.2 Å². The number of aryl methyl sites for hydroxylation is 2. The molecule has 0 atom stereocenters. The van der Waals surface area contributed by atoms with Gasteiger partial charge in [-0.3, -0.25) is 30.2 Å². The number of amides is 3. The predicted molar refractivity (Wildman–Crippen MR) is 88.1 cm³/mol. The SMILES string of the molecule is Cc1ccc(C(=O)NCC(=O)NNC(=O)c2cccnc2)cc1C. The van der Waals surface area contributed by atoms with Crippen LogP contribution in [0, 0.1) is 13.8 Å². The molecule has 0 aliphatic carbocycles. The molecule has 7 nitrogen and oxygen atoms in total. The minimum atomic E-state index is -0.538. The maximum Gasteiger partial charge on any atom is 0.271 e. The molecule has 1 aromatic carbocycles. The summed E-state index contributed by atoms with van der Waals surface area (Å²) in [5, 5.41) is 2.49. The summed E-state index contributed by atoms with van der Waals surface area (Å²) in [6.07, 6.45) is 2.92. The summed E-state index contributed by atoms with van der Waals surface area (Å²) in [7, 11) is 0. The van der Waals surface area contributed by atoms with Crippen molar-refractivity contribution < 1.29 is 14.4 Å². The van der Waals surface area contributed by atoms with Crippen LogP contribution in [0.15, 0.2) is 42.7 Å². The summed E-state index contributed by atoms with van der Waals surface area (Å²) in [4.78, 5) is 39.2. The van der Waals surface area contributed by atoms with E-state index in [4.69, 9.17) is 0 Å². The maximum atomic E-state index is 12.0. The Morgan fingerprint density at radius 3 is 2.42 bits per heavy atom. The van der Waals surface area contributed by atoms with Gasteiger partial charge in [-0.05, 0) is 49.2 Å². The number of carbonyl (C=O) groups excluding carboxylic acids is 3. The normalized spacial score (nSPS) is 9.92. The van der Waals surface area contributed by atoms with Crippen LogP contribution in [0.25, 0.3) is 0 Å². The summed E-state index contributed by atoms with van der Waals surface area (Å²) < 4.78 is 0. The van der Waals surface area contributed by atoms with E-state index in [1.807, 2.05) is 19.9 Å². The Labute approximate surface area is 139 Å². The van der Waals surface area contributed by atoms with Gasteiger partial charge in [0, 0.05) is 18.0 Å². The number of nitrogens with zero attached hydrogens (tertiary/aromatic N) is 1. The number of rotatable bonds is 4. The molecule has 0 aliphatic rings. The Morgan fingerprint density at radius 2 is 1.75 bits per heavy atom. The third-order valence-electron chi connectivity index (χ3n) is 3.42. The highest BCUT2D eigenvalue weighted by atomic mass is 16.2. The molecule has 0 unspecified atom stereocenters. The topological polar surface area (TPSA) is 100 Å². The van der Waals surface area contributed by atoms with Gasteiger partial charge < -0.3 is 5.32 Å². The maximum absolute atomic E-state index is 12.0. The molecule has 2 rings (SSSR count). The van der Waals surface area contributed by atoms with Crippen molar-refractivity contribution >= 4 is 17.7 Å². The second-order valence-electron chi connectivity index (χ2n) is 5.23. The third-order valence-corrected chi connectivity index (χ3v) is 3.42. The zero-order valence-electron chi connectivity index (χ0n) is 13.4. The number of benzene rings is 1. The molecule has 124 valence electrons. The monoisotopic (exact) mass is 326 g/mol. The molecule has 0 spiro atoms. The molecule has 3 N–H and O–H groups in total. The van der Waals surface area contributed by atoms with Crippen LogP contribution in [0.4, 0.5) is 0 Å². The Hall–Kier alpha value is -3.22. The predicted octanol–water partition coefficient (Wildman–Crippen LogP) is 0.889. The number of aromatic nitrogens is 1. The smallest absolute Gasteiger partial charge is 0.271 e. The van der Waals surface area contributed by atoms with E-state index in [2.05, 4.69) is 21.2 Å². The molecule has 1 heterocycles. The van der Waals surface area contributed by atoms with Gasteiger partial charge in [0.15, 0.2) is 0 Å². The Morgan fingerprint density at radius 1 is 0.958 bits per heavy atom. The number of carbonyl (C=O) groups is 3. The fraction of sp³-hybridized carbons (Fsp3) is 0.176. The summed E-state index contributed by atoms with van der Waals surface area (Å²) in [6, 6.07) is 8.47. The molecule has 24 heavy (non-hydrogen) atoms. The highest BCUT2D eigenvalue weighted by molar-refractivity contribution is 5.98. The van der Waals surface area contributed by atoms with Crippen molar-refractivity contribution in [2.24, 2.45) is 0 Å². The average molecular weight is 326 g/mol. The van der Waals surface area contributed by atoms with Gasteiger partial charge >= 0.3 is 0 Å². The summed E-state index contributed by atoms with van der Waals surface area (Å²) in [5.41, 5.74) is 7.35. The molecule has 0 saturated heterocycles. The molecular formula is C17H18N4O3. The number of hydrazine groups is 1. The van der Waals surface area contributed by atoms with Gasteiger partial charge in [0.25, 0.3) is 17.7 Å². The molecule has 7 heteroatoms. The molecule has 0 radical (unpaired) electrons. The van der Waals surface area contributed by atoms with Gasteiger partial charge in [-0.2, -0.15) is 0 Å². The second-order valence-corrected chi connectivity index (χ2v) is 5.23. The van der Waals surface area contributed by atoms with Crippen LogP contribution in [-0.2, 0) is 4.79 Å². The Balaban J connectivity index is 1.79. The molecular weight excluding hydrogens is 308 g/mol. The molecule has 0 fully saturated rings. The number of hydrogen-bond donors (Lipinski definition) is 3. The zero-order chi connectivity index (χ0) is 17.5. The lowest BCUT2D eigenvalue weighted by molar-refractivity contribution is -0.120. The zero-order valence-corrected chi connectivity index (χ0v) is 13.4. The Kier molecular flexibility index (Phi) is 5.62. The molecule has 0 bridgehead atoms. The second kappa shape index (κ2) is 7.87. The van der Waals surface area contributed by atoms with Crippen LogP contribution in [0.3, 0.4) is 0 Å². The van der Waals surface area contributed by atoms with Crippen molar-refractivity contribution in [2.45, 2.75) is 13.8 Å². The van der Waals surface area contributed by atoms with E-state index in [1.54, 1.807) is 24.3 Å². The van der Waals surface area contributed by atoms with Crippen molar-refractivity contribution in [1.29, 1.82) is 0 Å². The van der Waals surface area contributed by atoms with Crippen LogP contribution in [-0.4, -0.2) is 29.3 Å². The summed E-state index contributed by atoms with van der Waals surface area (Å²) in [5.74, 6) is -1.38. The fourth-order valence-corrected chi connectivity index (χ4v) is 1.89. The average Bonchev–Trinajstić information content (AvgIpc) is 2.60. The molecule has 3 amide bonds. The van der Waals surface area contributed by atoms with E-state index in [9.17, 15) is 14.4 Å². The van der Waals surface area contributed by atoms with Gasteiger partial charge in [-0.1, -0.05) is 6.07 Å². The first-order valence-corrected chi connectivity index (χ1v) is 7.32. The van der Waals surface area contributed by atoms with E-state index < -0.39 is 11.8 Å². The van der Waals surface area contributed by atoms with Gasteiger partial charge in [0.1, 0.15) is 0 Å². The minimum absolute atomic E-state index is 0.251. The van der Waals surface area contributed by atoms with Gasteiger partial charge in [0.05, 0.1) is 12.1 Å². The van der Waals surface area contributed by atoms with E-state index >= 15 is 0 Å². The lowest BCUT2D eigenvalue weighted by Gasteiger charge is -2.09. The van der Waals surface area contributed by atoms with E-state index in [0.29, 0.717) is 11.1 Å². The summed E-state index contributed by atoms with van der Waals surface area (Å²) in [6.45, 7) is 3.61. The van der Waals surface area contributed by atoms with Gasteiger partial charge in [0.2, 0.25) is 0 Å². The lowest BCUT2D eigenvalue weighted by atomic mass is 10.1. The lowest BCUT2D eigenvalue weighted by Crippen LogP contribution is -2.46. The first kappa shape index (κ1) is 17.1. The highest BCUT2D eigenvalue weighted by Gasteiger charge is 2.10. The molecule has 0 aliphatic heterocycles. The number of hydrogen-bond acceptors (Lipinski definition) is 4. The summed E-state index contributed by atoms with van der Waals surface area (Å²) >= 11 is 0. The first-order valence-electron chi connectivity index (χ1n) is 7.32. The van der Waals surface area contributed by atoms with Crippen molar-refractivity contribution in [3.63, 3.8) is 0 Å². The van der Waals surface area contributed by atoms with Crippen LogP contribution in [0.2, 0.25) is 0 Å². The van der Waals surface area contributed by atoms with E-state index in [-0.39, 0.29) is 12.5 Å². The van der Waals surface area contributed by atoms with Crippen molar-refractivity contribution in [3.8, 4) is 0 Å². The number of pyridine rings is 1. The van der Waals surface area contributed by atoms with Crippen molar-refractivity contribution in [3.05, 3.63) is 65.0 Å². The minimum Gasteiger partial charge on any atom is -0.343 e. The third kappa shape index (κ3) is 4.64. The van der Waals surface area contributed by atoms with Gasteiger partial charge in [-0.15, -0.1) is 0 Å². The molecule has 2 aromatic rings. The Bertz CT molecular complexity index is 760. The molecule has 0 saturated carbocycles. The fourth-order valence-electron chi connectivity index (χ4n) is 1.89. The number of nitrogens with one attached hydrogen (secondary N) is 3. The first-order chi connectivity index (χ1) is 11.5. The van der Waals surface area contributed by atoms with Crippen LogP contribution in [0.5, 0.6) is 0 Å². The largest absolute Gasteiger partial charge is 0.343 e. The highest BCUT2D eigenvalue weighted by Crippen LogP contribution is 2.09. The van der Waals surface area contributed by atoms with Crippen LogP contribution >= 0.6 is 0 Å². The molecule has 1 aromatic heterocycles. The van der Waals surface area contributed by atoms with Crippen LogP contribution < -0.4 is 16.2 Å². The van der Waals surface area contributed by atoms with E-state index in [1.165, 1.54) is 12.4 Å².